The monoisotopic (exact) mass is 349 g/mol. The number of thiophene rings is 1. The number of ether oxygens (including phenoxy) is 1. The fourth-order valence-corrected chi connectivity index (χ4v) is 2.58. The van der Waals surface area contributed by atoms with Crippen LogP contribution in [-0.4, -0.2) is 24.3 Å². The van der Waals surface area contributed by atoms with E-state index in [9.17, 15) is 18.8 Å². The maximum Gasteiger partial charge on any atom is 0.306 e. The highest BCUT2D eigenvalue weighted by Crippen LogP contribution is 2.12. The Bertz CT molecular complexity index is 715. The second-order valence-electron chi connectivity index (χ2n) is 4.93. The number of amides is 1. The van der Waals surface area contributed by atoms with Crippen molar-refractivity contribution in [3.63, 3.8) is 0 Å². The Kier molecular flexibility index (Phi) is 6.62. The Morgan fingerprint density at radius 1 is 1.08 bits per heavy atom. The molecule has 1 amide bonds. The molecule has 7 heteroatoms. The second kappa shape index (κ2) is 8.93. The topological polar surface area (TPSA) is 72.5 Å². The predicted molar refractivity (Wildman–Crippen MR) is 87.1 cm³/mol. The third-order valence-corrected chi connectivity index (χ3v) is 4.06. The number of carbonyl (C=O) groups is 3. The van der Waals surface area contributed by atoms with E-state index in [1.54, 1.807) is 35.7 Å². The lowest BCUT2D eigenvalue weighted by Crippen LogP contribution is -2.28. The molecule has 1 aromatic carbocycles. The van der Waals surface area contributed by atoms with Crippen LogP contribution in [0.5, 0.6) is 0 Å². The van der Waals surface area contributed by atoms with Crippen LogP contribution in [0.15, 0.2) is 41.8 Å². The minimum atomic E-state index is -0.624. The van der Waals surface area contributed by atoms with Crippen molar-refractivity contribution in [2.75, 3.05) is 6.61 Å². The number of hydrogen-bond acceptors (Lipinski definition) is 5. The molecule has 0 aliphatic carbocycles. The van der Waals surface area contributed by atoms with Gasteiger partial charge in [-0.25, -0.2) is 4.39 Å². The lowest BCUT2D eigenvalue weighted by Gasteiger charge is -2.07. The van der Waals surface area contributed by atoms with Gasteiger partial charge in [0.15, 0.2) is 12.4 Å². The Labute approximate surface area is 142 Å². The molecule has 1 heterocycles. The van der Waals surface area contributed by atoms with E-state index in [0.29, 0.717) is 10.4 Å². The quantitative estimate of drug-likeness (QED) is 0.587. The molecule has 0 atom stereocenters. The molecule has 2 aromatic rings. The average molecular weight is 349 g/mol. The fourth-order valence-electron chi connectivity index (χ4n) is 1.88. The van der Waals surface area contributed by atoms with E-state index in [2.05, 4.69) is 5.32 Å². The highest BCUT2D eigenvalue weighted by Gasteiger charge is 2.12. The van der Waals surface area contributed by atoms with Gasteiger partial charge in [-0.15, -0.1) is 11.3 Å². The second-order valence-corrected chi connectivity index (χ2v) is 5.88. The van der Waals surface area contributed by atoms with Crippen molar-refractivity contribution < 1.29 is 23.5 Å². The molecule has 1 N–H and O–H groups in total. The first-order valence-corrected chi connectivity index (χ1v) is 8.16. The molecule has 24 heavy (non-hydrogen) atoms. The van der Waals surface area contributed by atoms with Gasteiger partial charge in [-0.1, -0.05) is 24.3 Å². The van der Waals surface area contributed by atoms with Gasteiger partial charge in [-0.3, -0.25) is 14.4 Å². The van der Waals surface area contributed by atoms with Crippen LogP contribution in [0.1, 0.15) is 28.1 Å². The number of nitrogens with one attached hydrogen (secondary N) is 1. The van der Waals surface area contributed by atoms with Crippen molar-refractivity contribution in [2.24, 2.45) is 0 Å². The Balaban J connectivity index is 1.65. The average Bonchev–Trinajstić information content (AvgIpc) is 3.11. The SMILES string of the molecule is O=C(COC(=O)CCC(=O)c1cccs1)NCc1ccccc1F. The molecule has 0 saturated carbocycles. The summed E-state index contributed by atoms with van der Waals surface area (Å²) in [5.74, 6) is -1.70. The van der Waals surface area contributed by atoms with Crippen molar-refractivity contribution in [3.8, 4) is 0 Å². The Hall–Kier alpha value is -2.54. The van der Waals surface area contributed by atoms with Crippen LogP contribution in [0.2, 0.25) is 0 Å². The maximum atomic E-state index is 13.4. The van der Waals surface area contributed by atoms with E-state index >= 15 is 0 Å². The number of ketones is 1. The number of Topliss-reactive ketones (excluding diaryl/α,β-unsaturated/α-hetero) is 1. The first-order chi connectivity index (χ1) is 11.6. The summed E-state index contributed by atoms with van der Waals surface area (Å²) in [5, 5.41) is 4.24. The van der Waals surface area contributed by atoms with Crippen molar-refractivity contribution in [1.29, 1.82) is 0 Å². The highest BCUT2D eigenvalue weighted by molar-refractivity contribution is 7.12. The summed E-state index contributed by atoms with van der Waals surface area (Å²) in [5.41, 5.74) is 0.346. The summed E-state index contributed by atoms with van der Waals surface area (Å²) >= 11 is 1.31. The number of benzene rings is 1. The van der Waals surface area contributed by atoms with Gasteiger partial charge < -0.3 is 10.1 Å². The van der Waals surface area contributed by atoms with E-state index in [-0.39, 0.29) is 25.2 Å². The first kappa shape index (κ1) is 17.8. The fraction of sp³-hybridized carbons (Fsp3) is 0.235. The van der Waals surface area contributed by atoms with Crippen LogP contribution in [0, 0.1) is 5.82 Å². The van der Waals surface area contributed by atoms with Crippen LogP contribution in [0.25, 0.3) is 0 Å². The highest BCUT2D eigenvalue weighted by atomic mass is 32.1. The van der Waals surface area contributed by atoms with Crippen LogP contribution in [0.3, 0.4) is 0 Å². The molecule has 0 unspecified atom stereocenters. The molecule has 0 aliphatic heterocycles. The number of rotatable bonds is 8. The van der Waals surface area contributed by atoms with E-state index < -0.39 is 24.3 Å². The van der Waals surface area contributed by atoms with E-state index in [4.69, 9.17) is 4.74 Å². The van der Waals surface area contributed by atoms with E-state index in [0.717, 1.165) is 0 Å². The molecule has 5 nitrogen and oxygen atoms in total. The summed E-state index contributed by atoms with van der Waals surface area (Å²) in [6.45, 7) is -0.444. The zero-order valence-corrected chi connectivity index (χ0v) is 13.6. The van der Waals surface area contributed by atoms with Gasteiger partial charge in [-0.05, 0) is 17.5 Å². The van der Waals surface area contributed by atoms with Gasteiger partial charge >= 0.3 is 5.97 Å². The van der Waals surface area contributed by atoms with Crippen molar-refractivity contribution >= 4 is 29.0 Å². The van der Waals surface area contributed by atoms with Crippen molar-refractivity contribution in [3.05, 3.63) is 58.0 Å². The molecule has 0 spiro atoms. The molecule has 0 bridgehead atoms. The van der Waals surface area contributed by atoms with Gasteiger partial charge in [0.25, 0.3) is 5.91 Å². The molecule has 0 aliphatic rings. The van der Waals surface area contributed by atoms with E-state index in [1.165, 1.54) is 17.4 Å². The number of esters is 1. The largest absolute Gasteiger partial charge is 0.456 e. The lowest BCUT2D eigenvalue weighted by molar-refractivity contribution is -0.148. The molecule has 2 rings (SSSR count). The van der Waals surface area contributed by atoms with E-state index in [1.807, 2.05) is 0 Å². The molecule has 1 aromatic heterocycles. The first-order valence-electron chi connectivity index (χ1n) is 7.28. The molecule has 0 radical (unpaired) electrons. The summed E-state index contributed by atoms with van der Waals surface area (Å²) in [4.78, 5) is 35.4. The van der Waals surface area contributed by atoms with Crippen LogP contribution in [-0.2, 0) is 20.9 Å². The zero-order chi connectivity index (χ0) is 17.4. The van der Waals surface area contributed by atoms with Gasteiger partial charge in [0, 0.05) is 18.5 Å². The van der Waals surface area contributed by atoms with Crippen LogP contribution in [0.4, 0.5) is 4.39 Å². The number of carbonyl (C=O) groups excluding carboxylic acids is 3. The third-order valence-electron chi connectivity index (χ3n) is 3.15. The molecule has 0 fully saturated rings. The summed E-state index contributed by atoms with van der Waals surface area (Å²) in [7, 11) is 0. The predicted octanol–water partition coefficient (Wildman–Crippen LogP) is 2.71. The summed E-state index contributed by atoms with van der Waals surface area (Å²) < 4.78 is 18.2. The third kappa shape index (κ3) is 5.58. The summed E-state index contributed by atoms with van der Waals surface area (Å²) in [6.07, 6.45) is -0.0481. The van der Waals surface area contributed by atoms with Gasteiger partial charge in [0.05, 0.1) is 11.3 Å². The maximum absolute atomic E-state index is 13.4. The van der Waals surface area contributed by atoms with Crippen LogP contribution >= 0.6 is 11.3 Å². The summed E-state index contributed by atoms with van der Waals surface area (Å²) in [6, 6.07) is 9.52. The van der Waals surface area contributed by atoms with Crippen molar-refractivity contribution in [2.45, 2.75) is 19.4 Å². The molecule has 126 valence electrons. The number of halogens is 1. The minimum Gasteiger partial charge on any atom is -0.456 e. The Morgan fingerprint density at radius 3 is 2.58 bits per heavy atom. The van der Waals surface area contributed by atoms with Gasteiger partial charge in [0.1, 0.15) is 5.82 Å². The van der Waals surface area contributed by atoms with Crippen LogP contribution < -0.4 is 5.32 Å². The smallest absolute Gasteiger partial charge is 0.306 e. The van der Waals surface area contributed by atoms with Crippen molar-refractivity contribution in [1.82, 2.24) is 5.32 Å². The molecular weight excluding hydrogens is 333 g/mol. The Morgan fingerprint density at radius 2 is 1.88 bits per heavy atom. The zero-order valence-electron chi connectivity index (χ0n) is 12.8. The van der Waals surface area contributed by atoms with Gasteiger partial charge in [0.2, 0.25) is 0 Å². The molecule has 0 saturated heterocycles. The lowest BCUT2D eigenvalue weighted by atomic mass is 10.2. The normalized spacial score (nSPS) is 10.2. The van der Waals surface area contributed by atoms with Gasteiger partial charge in [-0.2, -0.15) is 0 Å². The standard InChI is InChI=1S/C17H16FNO4S/c18-13-5-2-1-4-12(13)10-19-16(21)11-23-17(22)8-7-14(20)15-6-3-9-24-15/h1-6,9H,7-8,10-11H2,(H,19,21). The molecular formula is C17H16FNO4S. The number of hydrogen-bond donors (Lipinski definition) is 1. The minimum absolute atomic E-state index is 0.0138.